The Balaban J connectivity index is 2.44. The highest BCUT2D eigenvalue weighted by Gasteiger charge is 2.07. The van der Waals surface area contributed by atoms with Gasteiger partial charge in [-0.3, -0.25) is 4.79 Å². The van der Waals surface area contributed by atoms with Gasteiger partial charge in [-0.25, -0.2) is 0 Å². The average Bonchev–Trinajstić information content (AvgIpc) is 2.40. The molecule has 1 aromatic carbocycles. The maximum absolute atomic E-state index is 11.9. The van der Waals surface area contributed by atoms with Crippen LogP contribution >= 0.6 is 11.6 Å². The maximum atomic E-state index is 11.9. The first-order valence-corrected chi connectivity index (χ1v) is 7.01. The van der Waals surface area contributed by atoms with Crippen molar-refractivity contribution in [2.24, 2.45) is 0 Å². The molecule has 0 saturated carbocycles. The van der Waals surface area contributed by atoms with Crippen molar-refractivity contribution in [3.63, 3.8) is 0 Å². The first kappa shape index (κ1) is 15.8. The summed E-state index contributed by atoms with van der Waals surface area (Å²) in [5.41, 5.74) is 6.64. The van der Waals surface area contributed by atoms with Gasteiger partial charge in [-0.15, -0.1) is 0 Å². The van der Waals surface area contributed by atoms with E-state index in [1.807, 2.05) is 0 Å². The molecular weight excluding hydrogens is 262 g/mol. The van der Waals surface area contributed by atoms with E-state index in [1.54, 1.807) is 18.2 Å². The van der Waals surface area contributed by atoms with Gasteiger partial charge in [-0.1, -0.05) is 25.4 Å². The van der Waals surface area contributed by atoms with Gasteiger partial charge in [0, 0.05) is 18.7 Å². The minimum Gasteiger partial charge on any atom is -0.398 e. The number of amides is 1. The zero-order chi connectivity index (χ0) is 14.3. The summed E-state index contributed by atoms with van der Waals surface area (Å²) in [4.78, 5) is 14.2. The molecule has 19 heavy (non-hydrogen) atoms. The lowest BCUT2D eigenvalue weighted by molar-refractivity contribution is 0.0948. The number of rotatable bonds is 7. The summed E-state index contributed by atoms with van der Waals surface area (Å²) in [6.07, 6.45) is 1.12. The minimum atomic E-state index is -0.115. The van der Waals surface area contributed by atoms with Crippen molar-refractivity contribution in [3.05, 3.63) is 28.8 Å². The molecule has 0 aliphatic heterocycles. The Morgan fingerprint density at radius 2 is 2.11 bits per heavy atom. The Morgan fingerprint density at radius 3 is 2.68 bits per heavy atom. The van der Waals surface area contributed by atoms with Crippen LogP contribution in [0.25, 0.3) is 0 Å². The molecule has 0 fully saturated rings. The van der Waals surface area contributed by atoms with Crippen molar-refractivity contribution in [1.29, 1.82) is 0 Å². The van der Waals surface area contributed by atoms with Crippen LogP contribution in [0.3, 0.4) is 0 Å². The van der Waals surface area contributed by atoms with Crippen LogP contribution in [0.4, 0.5) is 5.69 Å². The largest absolute Gasteiger partial charge is 0.398 e. The molecule has 0 aliphatic carbocycles. The zero-order valence-electron chi connectivity index (χ0n) is 11.6. The van der Waals surface area contributed by atoms with Crippen molar-refractivity contribution < 1.29 is 4.79 Å². The number of hydrogen-bond donors (Lipinski definition) is 2. The molecule has 0 aliphatic rings. The minimum absolute atomic E-state index is 0.115. The van der Waals surface area contributed by atoms with Crippen LogP contribution in [-0.2, 0) is 0 Å². The van der Waals surface area contributed by atoms with E-state index in [1.165, 1.54) is 0 Å². The fraction of sp³-hybridized carbons (Fsp3) is 0.500. The van der Waals surface area contributed by atoms with Crippen molar-refractivity contribution >= 4 is 23.2 Å². The summed E-state index contributed by atoms with van der Waals surface area (Å²) in [7, 11) is 0. The predicted molar refractivity (Wildman–Crippen MR) is 80.6 cm³/mol. The molecule has 5 heteroatoms. The van der Waals surface area contributed by atoms with E-state index in [0.29, 0.717) is 22.8 Å². The fourth-order valence-electron chi connectivity index (χ4n) is 1.86. The summed E-state index contributed by atoms with van der Waals surface area (Å²) in [5, 5.41) is 3.36. The normalized spacial score (nSPS) is 10.7. The molecule has 0 heterocycles. The lowest BCUT2D eigenvalue weighted by Crippen LogP contribution is -2.35. The summed E-state index contributed by atoms with van der Waals surface area (Å²) in [5.74, 6) is -0.115. The van der Waals surface area contributed by atoms with Crippen LogP contribution in [0.1, 0.15) is 30.6 Å². The summed E-state index contributed by atoms with van der Waals surface area (Å²) in [6.45, 7) is 7.82. The van der Waals surface area contributed by atoms with Gasteiger partial charge in [0.1, 0.15) is 0 Å². The monoisotopic (exact) mass is 283 g/mol. The standard InChI is InChI=1S/C14H22ClN3O/c1-3-8-18(4-2)9-7-17-14(19)11-5-6-12(15)13(16)10-11/h5-6,10H,3-4,7-9,16H2,1-2H3,(H,17,19). The van der Waals surface area contributed by atoms with Crippen molar-refractivity contribution in [2.75, 3.05) is 31.9 Å². The highest BCUT2D eigenvalue weighted by Crippen LogP contribution is 2.19. The molecule has 1 aromatic rings. The van der Waals surface area contributed by atoms with Gasteiger partial charge in [-0.2, -0.15) is 0 Å². The predicted octanol–water partition coefficient (Wildman–Crippen LogP) is 2.38. The molecule has 0 spiro atoms. The van der Waals surface area contributed by atoms with Gasteiger partial charge in [0.05, 0.1) is 10.7 Å². The number of benzene rings is 1. The van der Waals surface area contributed by atoms with E-state index in [4.69, 9.17) is 17.3 Å². The highest BCUT2D eigenvalue weighted by atomic mass is 35.5. The number of nitrogens with two attached hydrogens (primary N) is 1. The second kappa shape index (κ2) is 8.02. The maximum Gasteiger partial charge on any atom is 0.251 e. The van der Waals surface area contributed by atoms with Gasteiger partial charge in [0.15, 0.2) is 0 Å². The van der Waals surface area contributed by atoms with E-state index in [9.17, 15) is 4.79 Å². The molecule has 106 valence electrons. The number of nitrogens with one attached hydrogen (secondary N) is 1. The van der Waals surface area contributed by atoms with Crippen LogP contribution in [0.15, 0.2) is 18.2 Å². The first-order valence-electron chi connectivity index (χ1n) is 6.64. The second-order valence-electron chi connectivity index (χ2n) is 4.43. The van der Waals surface area contributed by atoms with Crippen LogP contribution < -0.4 is 11.1 Å². The Morgan fingerprint density at radius 1 is 1.37 bits per heavy atom. The number of likely N-dealkylation sites (N-methyl/N-ethyl adjacent to an activating group) is 1. The first-order chi connectivity index (χ1) is 9.08. The molecule has 1 rings (SSSR count). The number of carbonyl (C=O) groups excluding carboxylic acids is 1. The van der Waals surface area contributed by atoms with E-state index >= 15 is 0 Å². The summed E-state index contributed by atoms with van der Waals surface area (Å²) < 4.78 is 0. The number of hydrogen-bond acceptors (Lipinski definition) is 3. The van der Waals surface area contributed by atoms with Gasteiger partial charge in [0.2, 0.25) is 0 Å². The molecule has 0 radical (unpaired) electrons. The summed E-state index contributed by atoms with van der Waals surface area (Å²) in [6, 6.07) is 4.92. The van der Waals surface area contributed by atoms with Gasteiger partial charge in [0.25, 0.3) is 5.91 Å². The Bertz CT molecular complexity index is 423. The third kappa shape index (κ3) is 5.09. The van der Waals surface area contributed by atoms with Crippen molar-refractivity contribution in [1.82, 2.24) is 10.2 Å². The molecule has 0 aromatic heterocycles. The Kier molecular flexibility index (Phi) is 6.67. The van der Waals surface area contributed by atoms with Crippen molar-refractivity contribution in [3.8, 4) is 0 Å². The lowest BCUT2D eigenvalue weighted by Gasteiger charge is -2.19. The molecule has 1 amide bonds. The molecule has 0 bridgehead atoms. The number of nitrogen functional groups attached to an aromatic ring is 1. The Hall–Kier alpha value is -1.26. The second-order valence-corrected chi connectivity index (χ2v) is 4.83. The zero-order valence-corrected chi connectivity index (χ0v) is 12.3. The lowest BCUT2D eigenvalue weighted by atomic mass is 10.2. The number of nitrogens with zero attached hydrogens (tertiary/aromatic N) is 1. The summed E-state index contributed by atoms with van der Waals surface area (Å²) >= 11 is 5.82. The van der Waals surface area contributed by atoms with Crippen molar-refractivity contribution in [2.45, 2.75) is 20.3 Å². The van der Waals surface area contributed by atoms with Crippen LogP contribution in [0.2, 0.25) is 5.02 Å². The highest BCUT2D eigenvalue weighted by molar-refractivity contribution is 6.33. The SMILES string of the molecule is CCCN(CC)CCNC(=O)c1ccc(Cl)c(N)c1. The van der Waals surface area contributed by atoms with Gasteiger partial charge in [-0.05, 0) is 37.7 Å². The number of anilines is 1. The van der Waals surface area contributed by atoms with Crippen LogP contribution in [0.5, 0.6) is 0 Å². The smallest absolute Gasteiger partial charge is 0.251 e. The fourth-order valence-corrected chi connectivity index (χ4v) is 1.98. The number of carbonyl (C=O) groups is 1. The van der Waals surface area contributed by atoms with Crippen LogP contribution in [0, 0.1) is 0 Å². The molecule has 4 nitrogen and oxygen atoms in total. The van der Waals surface area contributed by atoms with Gasteiger partial charge < -0.3 is 16.0 Å². The topological polar surface area (TPSA) is 58.4 Å². The van der Waals surface area contributed by atoms with E-state index in [0.717, 1.165) is 26.1 Å². The quantitative estimate of drug-likeness (QED) is 0.756. The van der Waals surface area contributed by atoms with E-state index < -0.39 is 0 Å². The van der Waals surface area contributed by atoms with Crippen LogP contribution in [-0.4, -0.2) is 37.0 Å². The Labute approximate surface area is 119 Å². The molecule has 0 atom stereocenters. The average molecular weight is 284 g/mol. The van der Waals surface area contributed by atoms with E-state index in [-0.39, 0.29) is 5.91 Å². The third-order valence-corrected chi connectivity index (χ3v) is 3.30. The molecule has 0 saturated heterocycles. The van der Waals surface area contributed by atoms with E-state index in [2.05, 4.69) is 24.1 Å². The molecule has 0 unspecified atom stereocenters. The molecule has 3 N–H and O–H groups in total. The number of halogens is 1. The van der Waals surface area contributed by atoms with Gasteiger partial charge >= 0.3 is 0 Å². The molecular formula is C14H22ClN3O. The third-order valence-electron chi connectivity index (χ3n) is 2.96.